The molecule has 0 aliphatic carbocycles. The second-order valence-electron chi connectivity index (χ2n) is 13.3. The Morgan fingerprint density at radius 3 is 1.26 bits per heavy atom. The molecule has 0 bridgehead atoms. The molecule has 20 heteroatoms. The predicted molar refractivity (Wildman–Crippen MR) is 240 cm³/mol. The quantitative estimate of drug-likeness (QED) is 0.0664. The van der Waals surface area contributed by atoms with Crippen LogP contribution < -0.4 is 16.1 Å². The van der Waals surface area contributed by atoms with Gasteiger partial charge in [0, 0.05) is 118 Å². The lowest BCUT2D eigenvalue weighted by Crippen LogP contribution is -2.37. The van der Waals surface area contributed by atoms with Crippen molar-refractivity contribution in [2.45, 2.75) is 18.9 Å². The lowest BCUT2D eigenvalue weighted by atomic mass is 10.1. The van der Waals surface area contributed by atoms with Crippen molar-refractivity contribution in [2.24, 2.45) is 0 Å². The van der Waals surface area contributed by atoms with Crippen LogP contribution in [0, 0.1) is 0 Å². The normalized spacial score (nSPS) is 16.8. The predicted octanol–water partition coefficient (Wildman–Crippen LogP) is -1.98. The standard InChI is InChI=1S/C7H17NO2.C6H13NO.C5H11NO2S.C5H13NO2.C5H11NS.C4H11NO.C3H9NO.C2H7NO/c1-8(4-6-9-2)5-7-10-3;1-7-4-2-6(8)3-5-7;1-6-2-4-9(7,8)5-3-6;1-6(2-4-7)3-5-8;1-6-2-4-7-5-3-6;1-5-3-4-6-2;1-4-2-3-5;1-3-4-2/h4-7H2,1-3H3;6,8H,2-5H2,1H3;2-5H2,1H3;7-8H,2-5H2,1H3;2-5H2,1H3;5H,3-4H2,1-2H3;4-5H,2-3H2,1H3;3H,1-2H3. The Balaban J connectivity index is -0.000000183. The van der Waals surface area contributed by atoms with Gasteiger partial charge in [-0.15, -0.1) is 0 Å². The summed E-state index contributed by atoms with van der Waals surface area (Å²) in [5.41, 5.74) is 2.43. The van der Waals surface area contributed by atoms with Gasteiger partial charge in [0.2, 0.25) is 0 Å². The van der Waals surface area contributed by atoms with Crippen LogP contribution in [0.2, 0.25) is 0 Å². The molecule has 3 rings (SSSR count). The van der Waals surface area contributed by atoms with E-state index in [-0.39, 0.29) is 25.9 Å². The number of nitrogens with one attached hydrogen (secondary N) is 3. The van der Waals surface area contributed by atoms with E-state index in [2.05, 4.69) is 68.6 Å². The van der Waals surface area contributed by atoms with Gasteiger partial charge in [-0.1, -0.05) is 0 Å². The Bertz CT molecular complexity index is 777. The highest BCUT2D eigenvalue weighted by Gasteiger charge is 2.18. The number of aliphatic hydroxyl groups is 4. The maximum atomic E-state index is 10.8. The number of aliphatic hydroxyl groups excluding tert-OH is 4. The third-order valence-corrected chi connectivity index (χ3v) is 10.5. The molecule has 0 spiro atoms. The molecule has 0 radical (unpaired) electrons. The van der Waals surface area contributed by atoms with E-state index in [0.29, 0.717) is 44.2 Å². The summed E-state index contributed by atoms with van der Waals surface area (Å²) in [6, 6.07) is 0. The fourth-order valence-electron chi connectivity index (χ4n) is 3.83. The number of hydroxylamine groups is 1. The maximum Gasteiger partial charge on any atom is 0.152 e. The number of piperidine rings is 1. The van der Waals surface area contributed by atoms with E-state index in [1.54, 1.807) is 42.5 Å². The molecular formula is C37H92N8O10S2. The summed E-state index contributed by atoms with van der Waals surface area (Å²) in [6.07, 6.45) is 1.89. The van der Waals surface area contributed by atoms with Crippen LogP contribution in [0.15, 0.2) is 0 Å². The highest BCUT2D eigenvalue weighted by atomic mass is 32.2. The maximum absolute atomic E-state index is 10.8. The molecule has 0 amide bonds. The molecule has 352 valence electrons. The number of likely N-dealkylation sites (tertiary alicyclic amines) is 1. The molecule has 3 aliphatic rings. The summed E-state index contributed by atoms with van der Waals surface area (Å²) < 4.78 is 36.1. The molecule has 0 aromatic carbocycles. The summed E-state index contributed by atoms with van der Waals surface area (Å²) in [5, 5.41) is 39.4. The first kappa shape index (κ1) is 65.8. The van der Waals surface area contributed by atoms with Crippen molar-refractivity contribution < 1.29 is 47.9 Å². The van der Waals surface area contributed by atoms with Crippen LogP contribution in [0.1, 0.15) is 12.8 Å². The zero-order valence-corrected chi connectivity index (χ0v) is 40.0. The van der Waals surface area contributed by atoms with Crippen LogP contribution in [-0.2, 0) is 28.9 Å². The number of ether oxygens (including phenoxy) is 3. The lowest BCUT2D eigenvalue weighted by molar-refractivity contribution is 0.0942. The molecule has 7 N–H and O–H groups in total. The number of thioether (sulfide) groups is 1. The summed E-state index contributed by atoms with van der Waals surface area (Å²) in [6.45, 7) is 13.9. The number of hydrogen-bond donors (Lipinski definition) is 7. The van der Waals surface area contributed by atoms with Crippen molar-refractivity contribution >= 4 is 21.6 Å². The molecular weight excluding hydrogens is 781 g/mol. The first-order chi connectivity index (χ1) is 27.1. The van der Waals surface area contributed by atoms with E-state index < -0.39 is 9.84 Å². The molecule has 3 aliphatic heterocycles. The minimum atomic E-state index is -2.66. The first-order valence-corrected chi connectivity index (χ1v) is 22.8. The Morgan fingerprint density at radius 2 is 1.02 bits per heavy atom. The van der Waals surface area contributed by atoms with Crippen LogP contribution in [-0.4, -0.2) is 285 Å². The number of nitrogens with zero attached hydrogens (tertiary/aromatic N) is 5. The lowest BCUT2D eigenvalue weighted by Gasteiger charge is -2.25. The fraction of sp³-hybridized carbons (Fsp3) is 1.00. The molecule has 0 atom stereocenters. The largest absolute Gasteiger partial charge is 0.395 e. The number of methoxy groups -OCH3 is 3. The molecule has 3 fully saturated rings. The number of likely N-dealkylation sites (N-methyl/N-ethyl adjacent to an activating group) is 4. The van der Waals surface area contributed by atoms with Gasteiger partial charge in [-0.25, -0.2) is 13.9 Å². The molecule has 0 aromatic rings. The van der Waals surface area contributed by atoms with E-state index in [1.807, 2.05) is 30.9 Å². The zero-order valence-electron chi connectivity index (χ0n) is 38.3. The Kier molecular flexibility index (Phi) is 61.9. The second kappa shape index (κ2) is 53.7. The molecule has 3 heterocycles. The Morgan fingerprint density at radius 1 is 0.632 bits per heavy atom. The molecule has 18 nitrogen and oxygen atoms in total. The van der Waals surface area contributed by atoms with Crippen molar-refractivity contribution in [3.63, 3.8) is 0 Å². The van der Waals surface area contributed by atoms with E-state index in [4.69, 9.17) is 34.6 Å². The summed E-state index contributed by atoms with van der Waals surface area (Å²) >= 11 is 2.06. The van der Waals surface area contributed by atoms with Gasteiger partial charge in [0.25, 0.3) is 0 Å². The minimum Gasteiger partial charge on any atom is -0.395 e. The SMILES string of the molecule is CN(CCO)CCO.CN1CCC(O)CC1.CN1CCS(=O)(=O)CC1.CN1CCSCC1.CNCCO.CNCCOC.CNOC.COCCN(C)CCOC. The first-order valence-electron chi connectivity index (χ1n) is 19.8. The van der Waals surface area contributed by atoms with Crippen LogP contribution in [0.3, 0.4) is 0 Å². The summed E-state index contributed by atoms with van der Waals surface area (Å²) in [5.74, 6) is 3.33. The van der Waals surface area contributed by atoms with Gasteiger partial charge in [0.1, 0.15) is 0 Å². The number of rotatable bonds is 16. The van der Waals surface area contributed by atoms with Gasteiger partial charge < -0.3 is 74.6 Å². The second-order valence-corrected chi connectivity index (χ2v) is 16.8. The van der Waals surface area contributed by atoms with Gasteiger partial charge in [0.05, 0.1) is 64.4 Å². The highest BCUT2D eigenvalue weighted by Crippen LogP contribution is 2.07. The van der Waals surface area contributed by atoms with Crippen LogP contribution in [0.25, 0.3) is 0 Å². The molecule has 0 unspecified atom stereocenters. The fourth-order valence-corrected chi connectivity index (χ4v) is 6.30. The Labute approximate surface area is 354 Å². The van der Waals surface area contributed by atoms with Gasteiger partial charge >= 0.3 is 0 Å². The van der Waals surface area contributed by atoms with E-state index >= 15 is 0 Å². The van der Waals surface area contributed by atoms with E-state index in [9.17, 15) is 8.42 Å². The smallest absolute Gasteiger partial charge is 0.152 e. The van der Waals surface area contributed by atoms with Crippen LogP contribution >= 0.6 is 11.8 Å². The third kappa shape index (κ3) is 65.0. The summed E-state index contributed by atoms with van der Waals surface area (Å²) in [4.78, 5) is 15.0. The average molecular weight is 873 g/mol. The van der Waals surface area contributed by atoms with Gasteiger partial charge in [-0.3, -0.25) is 0 Å². The van der Waals surface area contributed by atoms with Crippen molar-refractivity contribution in [2.75, 3.05) is 226 Å². The summed E-state index contributed by atoms with van der Waals surface area (Å²) in [7, 11) is 19.6. The highest BCUT2D eigenvalue weighted by molar-refractivity contribution is 7.99. The van der Waals surface area contributed by atoms with Gasteiger partial charge in [-0.2, -0.15) is 11.8 Å². The minimum absolute atomic E-state index is 0.0220. The molecule has 0 saturated carbocycles. The van der Waals surface area contributed by atoms with Crippen LogP contribution in [0.4, 0.5) is 0 Å². The average Bonchev–Trinajstić information content (AvgIpc) is 3.20. The van der Waals surface area contributed by atoms with Crippen molar-refractivity contribution in [1.29, 1.82) is 0 Å². The van der Waals surface area contributed by atoms with Crippen molar-refractivity contribution in [3.05, 3.63) is 0 Å². The number of hydrogen-bond acceptors (Lipinski definition) is 19. The van der Waals surface area contributed by atoms with Crippen LogP contribution in [0.5, 0.6) is 0 Å². The monoisotopic (exact) mass is 873 g/mol. The Hall–Kier alpha value is -0.340. The number of sulfone groups is 1. The van der Waals surface area contributed by atoms with Crippen molar-refractivity contribution in [3.8, 4) is 0 Å². The van der Waals surface area contributed by atoms with Gasteiger partial charge in [-0.05, 0) is 62.2 Å². The third-order valence-electron chi connectivity index (χ3n) is 7.93. The topological polar surface area (TPSA) is 204 Å². The molecule has 0 aromatic heterocycles. The van der Waals surface area contributed by atoms with E-state index in [0.717, 1.165) is 65.4 Å². The van der Waals surface area contributed by atoms with Gasteiger partial charge in [0.15, 0.2) is 9.84 Å². The van der Waals surface area contributed by atoms with Crippen molar-refractivity contribution in [1.82, 2.24) is 40.6 Å². The molecule has 3 saturated heterocycles. The van der Waals surface area contributed by atoms with E-state index in [1.165, 1.54) is 24.6 Å². The molecule has 57 heavy (non-hydrogen) atoms. The zero-order chi connectivity index (χ0) is 44.6.